The van der Waals surface area contributed by atoms with Crippen molar-refractivity contribution in [1.29, 1.82) is 0 Å². The number of hydrogen-bond donors (Lipinski definition) is 1. The summed E-state index contributed by atoms with van der Waals surface area (Å²) in [5.41, 5.74) is 5.22. The average Bonchev–Trinajstić information content (AvgIpc) is 2.92. The molecule has 1 atom stereocenters. The Kier molecular flexibility index (Phi) is 12.6. The van der Waals surface area contributed by atoms with Crippen LogP contribution in [0.1, 0.15) is 39.5 Å². The minimum Gasteiger partial charge on any atom is -0.481 e. The third-order valence-corrected chi connectivity index (χ3v) is 6.98. The molecule has 1 heterocycles. The van der Waals surface area contributed by atoms with Gasteiger partial charge in [-0.1, -0.05) is 48.5 Å². The number of anilines is 1. The predicted molar refractivity (Wildman–Crippen MR) is 153 cm³/mol. The van der Waals surface area contributed by atoms with Gasteiger partial charge in [0, 0.05) is 51.9 Å². The summed E-state index contributed by atoms with van der Waals surface area (Å²) in [5.74, 6) is 0.212. The molecular formula is C31H44N2O5. The number of benzene rings is 1. The van der Waals surface area contributed by atoms with E-state index in [1.807, 2.05) is 38.1 Å². The van der Waals surface area contributed by atoms with E-state index in [4.69, 9.17) is 19.3 Å². The molecule has 0 aromatic heterocycles. The Labute approximate surface area is 228 Å². The van der Waals surface area contributed by atoms with Gasteiger partial charge in [-0.3, -0.25) is 9.69 Å². The van der Waals surface area contributed by atoms with E-state index in [9.17, 15) is 4.79 Å². The van der Waals surface area contributed by atoms with E-state index in [1.165, 1.54) is 16.8 Å². The Bertz CT molecular complexity index is 988. The zero-order valence-corrected chi connectivity index (χ0v) is 23.2. The topological polar surface area (TPSA) is 71.5 Å². The first-order valence-corrected chi connectivity index (χ1v) is 13.6. The van der Waals surface area contributed by atoms with Crippen molar-refractivity contribution in [3.8, 4) is 5.75 Å². The van der Waals surface area contributed by atoms with E-state index in [1.54, 1.807) is 7.11 Å². The number of nitrogens with zero attached hydrogens (tertiary/aromatic N) is 2. The van der Waals surface area contributed by atoms with E-state index in [0.717, 1.165) is 63.3 Å². The van der Waals surface area contributed by atoms with Crippen LogP contribution in [0.2, 0.25) is 0 Å². The molecule has 1 saturated heterocycles. The van der Waals surface area contributed by atoms with Crippen LogP contribution in [0.5, 0.6) is 5.75 Å². The fourth-order valence-corrected chi connectivity index (χ4v) is 4.82. The summed E-state index contributed by atoms with van der Waals surface area (Å²) < 4.78 is 16.3. The second-order valence-electron chi connectivity index (χ2n) is 10.1. The number of aliphatic carboxylic acids is 1. The Balaban J connectivity index is 1.34. The average molecular weight is 525 g/mol. The van der Waals surface area contributed by atoms with Gasteiger partial charge in [-0.05, 0) is 61.9 Å². The summed E-state index contributed by atoms with van der Waals surface area (Å²) in [5, 5.41) is 8.94. The number of piperazine rings is 1. The van der Waals surface area contributed by atoms with Gasteiger partial charge in [0.2, 0.25) is 0 Å². The summed E-state index contributed by atoms with van der Waals surface area (Å²) in [6, 6.07) is 8.25. The molecule has 1 aromatic rings. The molecule has 1 aliphatic heterocycles. The smallest absolute Gasteiger partial charge is 0.303 e. The summed E-state index contributed by atoms with van der Waals surface area (Å²) in [4.78, 5) is 15.9. The molecule has 7 heteroatoms. The third kappa shape index (κ3) is 10.5. The van der Waals surface area contributed by atoms with Crippen molar-refractivity contribution >= 4 is 11.7 Å². The fraction of sp³-hybridized carbons (Fsp3) is 0.516. The van der Waals surface area contributed by atoms with Gasteiger partial charge in [0.1, 0.15) is 5.75 Å². The maximum Gasteiger partial charge on any atom is 0.303 e. The highest BCUT2D eigenvalue weighted by Crippen LogP contribution is 2.23. The number of rotatable bonds is 15. The minimum atomic E-state index is -0.743. The van der Waals surface area contributed by atoms with Gasteiger partial charge < -0.3 is 24.2 Å². The molecule has 3 rings (SSSR count). The van der Waals surface area contributed by atoms with Crippen LogP contribution in [0.15, 0.2) is 71.4 Å². The molecule has 0 amide bonds. The Morgan fingerprint density at radius 1 is 1.05 bits per heavy atom. The molecule has 208 valence electrons. The zero-order chi connectivity index (χ0) is 27.2. The minimum absolute atomic E-state index is 0.126. The SMILES string of the molecule is C/C=C(\C=C/COCC1=CC=C(CN2CCN(c3ccc(OCOC)cc3)CC2)CC1)CC(C)CC(=O)O. The maximum atomic E-state index is 10.9. The van der Waals surface area contributed by atoms with Crippen LogP contribution in [0.25, 0.3) is 0 Å². The van der Waals surface area contributed by atoms with E-state index >= 15 is 0 Å². The predicted octanol–water partition coefficient (Wildman–Crippen LogP) is 5.46. The van der Waals surface area contributed by atoms with Gasteiger partial charge in [-0.15, -0.1) is 0 Å². The van der Waals surface area contributed by atoms with E-state index in [-0.39, 0.29) is 19.1 Å². The van der Waals surface area contributed by atoms with Crippen LogP contribution in [0, 0.1) is 5.92 Å². The lowest BCUT2D eigenvalue weighted by molar-refractivity contribution is -0.137. The van der Waals surface area contributed by atoms with Crippen LogP contribution in [-0.2, 0) is 14.3 Å². The first-order valence-electron chi connectivity index (χ1n) is 13.6. The maximum absolute atomic E-state index is 10.9. The Morgan fingerprint density at radius 3 is 2.39 bits per heavy atom. The molecule has 1 N–H and O–H groups in total. The summed E-state index contributed by atoms with van der Waals surface area (Å²) >= 11 is 0. The van der Waals surface area contributed by atoms with Crippen molar-refractivity contribution in [1.82, 2.24) is 4.90 Å². The zero-order valence-electron chi connectivity index (χ0n) is 23.2. The van der Waals surface area contributed by atoms with Crippen molar-refractivity contribution in [2.75, 3.05) is 64.7 Å². The highest BCUT2D eigenvalue weighted by Gasteiger charge is 2.19. The van der Waals surface area contributed by atoms with Crippen LogP contribution in [0.4, 0.5) is 5.69 Å². The van der Waals surface area contributed by atoms with Crippen molar-refractivity contribution in [3.63, 3.8) is 0 Å². The molecule has 1 aromatic carbocycles. The number of methoxy groups -OCH3 is 1. The number of allylic oxidation sites excluding steroid dienone is 5. The largest absolute Gasteiger partial charge is 0.481 e. The first kappa shape index (κ1) is 29.7. The Morgan fingerprint density at radius 2 is 1.76 bits per heavy atom. The van der Waals surface area contributed by atoms with Crippen molar-refractivity contribution < 1.29 is 24.1 Å². The number of ether oxygens (including phenoxy) is 3. The third-order valence-electron chi connectivity index (χ3n) is 6.98. The molecule has 1 fully saturated rings. The van der Waals surface area contributed by atoms with Gasteiger partial charge in [-0.25, -0.2) is 0 Å². The molecule has 1 aliphatic carbocycles. The standard InChI is InChI=1S/C31H44N2O5/c1-4-26(20-25(2)21-31(34)35)6-5-19-37-23-28-9-7-27(8-10-28)22-32-15-17-33(18-16-32)29-11-13-30(14-12-29)38-24-36-3/h4-7,9,11-14,25H,8,10,15-24H2,1-3H3,(H,34,35)/b6-5-,26-4+. The van der Waals surface area contributed by atoms with Crippen LogP contribution >= 0.6 is 0 Å². The summed E-state index contributed by atoms with van der Waals surface area (Å²) in [6.07, 6.45) is 13.8. The highest BCUT2D eigenvalue weighted by atomic mass is 16.7. The second kappa shape index (κ2) is 16.2. The first-order chi connectivity index (χ1) is 18.5. The molecule has 7 nitrogen and oxygen atoms in total. The summed E-state index contributed by atoms with van der Waals surface area (Å²) in [7, 11) is 1.62. The van der Waals surface area contributed by atoms with Gasteiger partial charge in [0.15, 0.2) is 6.79 Å². The van der Waals surface area contributed by atoms with E-state index in [2.05, 4.69) is 40.2 Å². The molecule has 38 heavy (non-hydrogen) atoms. The number of hydrogen-bond acceptors (Lipinski definition) is 6. The molecule has 0 radical (unpaired) electrons. The van der Waals surface area contributed by atoms with Crippen LogP contribution in [-0.4, -0.2) is 75.8 Å². The second-order valence-corrected chi connectivity index (χ2v) is 10.1. The molecule has 2 aliphatic rings. The fourth-order valence-electron chi connectivity index (χ4n) is 4.82. The highest BCUT2D eigenvalue weighted by molar-refractivity contribution is 5.67. The van der Waals surface area contributed by atoms with Crippen molar-refractivity contribution in [2.24, 2.45) is 5.92 Å². The monoisotopic (exact) mass is 524 g/mol. The molecular weight excluding hydrogens is 480 g/mol. The lowest BCUT2D eigenvalue weighted by Crippen LogP contribution is -2.47. The molecule has 0 bridgehead atoms. The molecule has 0 spiro atoms. The van der Waals surface area contributed by atoms with Crippen molar-refractivity contribution in [3.05, 3.63) is 71.4 Å². The van der Waals surface area contributed by atoms with Gasteiger partial charge in [-0.2, -0.15) is 0 Å². The van der Waals surface area contributed by atoms with Gasteiger partial charge in [0.25, 0.3) is 0 Å². The molecule has 1 unspecified atom stereocenters. The number of carboxylic acid groups (broad SMARTS) is 1. The molecule has 0 saturated carbocycles. The van der Waals surface area contributed by atoms with Crippen LogP contribution < -0.4 is 9.64 Å². The van der Waals surface area contributed by atoms with Gasteiger partial charge in [0.05, 0.1) is 13.2 Å². The quantitative estimate of drug-likeness (QED) is 0.186. The van der Waals surface area contributed by atoms with E-state index in [0.29, 0.717) is 13.2 Å². The number of carbonyl (C=O) groups is 1. The van der Waals surface area contributed by atoms with Crippen molar-refractivity contribution in [2.45, 2.75) is 39.5 Å². The normalized spacial score (nSPS) is 17.9. The summed E-state index contributed by atoms with van der Waals surface area (Å²) in [6.45, 7) is 10.7. The lowest BCUT2D eigenvalue weighted by Gasteiger charge is -2.36. The Hall–Kier alpha value is -2.87. The van der Waals surface area contributed by atoms with Gasteiger partial charge >= 0.3 is 5.97 Å². The number of carboxylic acids is 1. The van der Waals surface area contributed by atoms with Crippen LogP contribution in [0.3, 0.4) is 0 Å². The lowest BCUT2D eigenvalue weighted by atomic mass is 9.97. The van der Waals surface area contributed by atoms with E-state index < -0.39 is 5.97 Å².